The molecule has 1 amide bonds. The Morgan fingerprint density at radius 2 is 1.90 bits per heavy atom. The number of ether oxygens (including phenoxy) is 1. The number of rotatable bonds is 7. The van der Waals surface area contributed by atoms with Crippen molar-refractivity contribution >= 4 is 52.4 Å². The summed E-state index contributed by atoms with van der Waals surface area (Å²) in [5, 5.41) is 6.95. The summed E-state index contributed by atoms with van der Waals surface area (Å²) in [5.74, 6) is -0.623. The van der Waals surface area contributed by atoms with Gasteiger partial charge in [-0.2, -0.15) is 4.98 Å². The van der Waals surface area contributed by atoms with Crippen molar-refractivity contribution in [3.8, 4) is 11.5 Å². The lowest BCUT2D eigenvalue weighted by Gasteiger charge is -2.10. The summed E-state index contributed by atoms with van der Waals surface area (Å²) < 4.78 is 10.0. The maximum atomic E-state index is 12.0. The molecule has 0 saturated heterocycles. The van der Waals surface area contributed by atoms with Gasteiger partial charge in [-0.25, -0.2) is 0 Å². The monoisotopic (exact) mass is 454 g/mol. The highest BCUT2D eigenvalue weighted by molar-refractivity contribution is 6.42. The standard InChI is InChI=1S/C18H13Cl3N4O4/c19-10-7-11(20)17(12(21)8-10)23-14(26)9-28-16(27)5-4-15-24-18(25-29-15)13-3-1-2-6-22-13/h1-3,6-8H,4-5,9H2,(H,23,26). The van der Waals surface area contributed by atoms with E-state index in [1.54, 1.807) is 24.4 Å². The molecule has 0 aliphatic heterocycles. The van der Waals surface area contributed by atoms with Crippen LogP contribution in [-0.2, 0) is 20.7 Å². The lowest BCUT2D eigenvalue weighted by atomic mass is 10.3. The minimum absolute atomic E-state index is 0.0421. The largest absolute Gasteiger partial charge is 0.456 e. The molecular formula is C18H13Cl3N4O4. The number of pyridine rings is 1. The second-order valence-electron chi connectivity index (χ2n) is 5.68. The van der Waals surface area contributed by atoms with Crippen LogP contribution in [0.2, 0.25) is 15.1 Å². The van der Waals surface area contributed by atoms with Gasteiger partial charge in [0.25, 0.3) is 5.91 Å². The van der Waals surface area contributed by atoms with E-state index < -0.39 is 18.5 Å². The van der Waals surface area contributed by atoms with E-state index in [1.807, 2.05) is 0 Å². The molecular weight excluding hydrogens is 443 g/mol. The van der Waals surface area contributed by atoms with Crippen molar-refractivity contribution in [2.75, 3.05) is 11.9 Å². The van der Waals surface area contributed by atoms with E-state index in [1.165, 1.54) is 12.1 Å². The highest BCUT2D eigenvalue weighted by atomic mass is 35.5. The molecule has 0 bridgehead atoms. The van der Waals surface area contributed by atoms with E-state index >= 15 is 0 Å². The maximum absolute atomic E-state index is 12.0. The molecule has 0 aliphatic carbocycles. The first-order valence-electron chi connectivity index (χ1n) is 8.26. The van der Waals surface area contributed by atoms with Crippen LogP contribution in [0.3, 0.4) is 0 Å². The normalized spacial score (nSPS) is 10.6. The minimum Gasteiger partial charge on any atom is -0.456 e. The molecule has 1 aromatic carbocycles. The van der Waals surface area contributed by atoms with Gasteiger partial charge in [-0.05, 0) is 24.3 Å². The topological polar surface area (TPSA) is 107 Å². The first kappa shape index (κ1) is 21.0. The number of carbonyl (C=O) groups excluding carboxylic acids is 2. The van der Waals surface area contributed by atoms with Crippen LogP contribution in [-0.4, -0.2) is 33.6 Å². The molecule has 150 valence electrons. The number of benzene rings is 1. The highest BCUT2D eigenvalue weighted by Crippen LogP contribution is 2.33. The van der Waals surface area contributed by atoms with Crippen LogP contribution in [0.25, 0.3) is 11.5 Å². The van der Waals surface area contributed by atoms with E-state index in [0.29, 0.717) is 16.5 Å². The molecule has 3 aromatic rings. The van der Waals surface area contributed by atoms with Gasteiger partial charge < -0.3 is 14.6 Å². The van der Waals surface area contributed by atoms with Crippen molar-refractivity contribution < 1.29 is 18.8 Å². The van der Waals surface area contributed by atoms with Crippen LogP contribution in [0.1, 0.15) is 12.3 Å². The predicted octanol–water partition coefficient (Wildman–Crippen LogP) is 4.21. The number of aryl methyl sites for hydroxylation is 1. The minimum atomic E-state index is -0.606. The molecule has 3 rings (SSSR count). The fraction of sp³-hybridized carbons (Fsp3) is 0.167. The zero-order chi connectivity index (χ0) is 20.8. The van der Waals surface area contributed by atoms with Gasteiger partial charge >= 0.3 is 5.97 Å². The molecule has 0 unspecified atom stereocenters. The Kier molecular flexibility index (Phi) is 7.03. The second-order valence-corrected chi connectivity index (χ2v) is 6.93. The second kappa shape index (κ2) is 9.69. The SMILES string of the molecule is O=C(COC(=O)CCc1nc(-c2ccccn2)no1)Nc1c(Cl)cc(Cl)cc1Cl. The van der Waals surface area contributed by atoms with Crippen molar-refractivity contribution in [1.29, 1.82) is 0 Å². The van der Waals surface area contributed by atoms with Crippen molar-refractivity contribution in [2.45, 2.75) is 12.8 Å². The number of nitrogens with zero attached hydrogens (tertiary/aromatic N) is 3. The first-order chi connectivity index (χ1) is 13.9. The molecule has 0 atom stereocenters. The Labute approximate surface area is 180 Å². The first-order valence-corrected chi connectivity index (χ1v) is 9.40. The van der Waals surface area contributed by atoms with Crippen LogP contribution in [0.5, 0.6) is 0 Å². The van der Waals surface area contributed by atoms with Crippen LogP contribution >= 0.6 is 34.8 Å². The number of hydrogen-bond donors (Lipinski definition) is 1. The third kappa shape index (κ3) is 5.90. The summed E-state index contributed by atoms with van der Waals surface area (Å²) in [6, 6.07) is 8.16. The fourth-order valence-electron chi connectivity index (χ4n) is 2.22. The van der Waals surface area contributed by atoms with Crippen LogP contribution in [0.4, 0.5) is 5.69 Å². The highest BCUT2D eigenvalue weighted by Gasteiger charge is 2.15. The van der Waals surface area contributed by atoms with Crippen molar-refractivity contribution in [1.82, 2.24) is 15.1 Å². The Morgan fingerprint density at radius 3 is 2.59 bits per heavy atom. The lowest BCUT2D eigenvalue weighted by Crippen LogP contribution is -2.21. The van der Waals surface area contributed by atoms with E-state index in [2.05, 4.69) is 20.4 Å². The zero-order valence-electron chi connectivity index (χ0n) is 14.7. The van der Waals surface area contributed by atoms with E-state index in [4.69, 9.17) is 44.1 Å². The Hall–Kier alpha value is -2.68. The number of hydrogen-bond acceptors (Lipinski definition) is 7. The summed E-state index contributed by atoms with van der Waals surface area (Å²) in [4.78, 5) is 32.1. The van der Waals surface area contributed by atoms with Gasteiger partial charge in [-0.3, -0.25) is 14.6 Å². The van der Waals surface area contributed by atoms with Gasteiger partial charge in [0, 0.05) is 17.6 Å². The van der Waals surface area contributed by atoms with Gasteiger partial charge in [0.15, 0.2) is 6.61 Å². The van der Waals surface area contributed by atoms with Crippen molar-refractivity contribution in [3.63, 3.8) is 0 Å². The van der Waals surface area contributed by atoms with Gasteiger partial charge in [0.1, 0.15) is 5.69 Å². The number of amides is 1. The average molecular weight is 456 g/mol. The smallest absolute Gasteiger partial charge is 0.306 e. The number of aromatic nitrogens is 3. The molecule has 1 N–H and O–H groups in total. The maximum Gasteiger partial charge on any atom is 0.306 e. The molecule has 0 radical (unpaired) electrons. The Bertz CT molecular complexity index is 1000. The molecule has 11 heteroatoms. The summed E-state index contributed by atoms with van der Waals surface area (Å²) in [5.41, 5.74) is 0.743. The zero-order valence-corrected chi connectivity index (χ0v) is 17.0. The Balaban J connectivity index is 1.46. The molecule has 0 saturated carbocycles. The van der Waals surface area contributed by atoms with Crippen molar-refractivity contribution in [3.05, 3.63) is 57.5 Å². The van der Waals surface area contributed by atoms with E-state index in [0.717, 1.165) is 0 Å². The molecule has 2 aromatic heterocycles. The predicted molar refractivity (Wildman–Crippen MR) is 107 cm³/mol. The quantitative estimate of drug-likeness (QED) is 0.532. The number of carbonyl (C=O) groups is 2. The summed E-state index contributed by atoms with van der Waals surface area (Å²) in [6.45, 7) is -0.503. The third-order valence-corrected chi connectivity index (χ3v) is 4.36. The number of anilines is 1. The molecule has 8 nitrogen and oxygen atoms in total. The van der Waals surface area contributed by atoms with E-state index in [-0.39, 0.29) is 34.5 Å². The van der Waals surface area contributed by atoms with Gasteiger partial charge in [-0.1, -0.05) is 46.0 Å². The van der Waals surface area contributed by atoms with Gasteiger partial charge in [-0.15, -0.1) is 0 Å². The number of esters is 1. The fourth-order valence-corrected chi connectivity index (χ4v) is 3.13. The number of nitrogens with one attached hydrogen (secondary N) is 1. The molecule has 0 spiro atoms. The third-order valence-electron chi connectivity index (χ3n) is 3.54. The van der Waals surface area contributed by atoms with Crippen LogP contribution in [0, 0.1) is 0 Å². The van der Waals surface area contributed by atoms with Crippen molar-refractivity contribution in [2.24, 2.45) is 0 Å². The summed E-state index contributed by atoms with van der Waals surface area (Å²) >= 11 is 17.8. The summed E-state index contributed by atoms with van der Waals surface area (Å²) in [7, 11) is 0. The summed E-state index contributed by atoms with van der Waals surface area (Å²) in [6.07, 6.45) is 1.73. The molecule has 29 heavy (non-hydrogen) atoms. The average Bonchev–Trinajstić information content (AvgIpc) is 3.17. The van der Waals surface area contributed by atoms with Gasteiger partial charge in [0.05, 0.1) is 22.2 Å². The van der Waals surface area contributed by atoms with Crippen LogP contribution in [0.15, 0.2) is 41.1 Å². The van der Waals surface area contributed by atoms with Crippen LogP contribution < -0.4 is 5.32 Å². The Morgan fingerprint density at radius 1 is 1.14 bits per heavy atom. The van der Waals surface area contributed by atoms with Gasteiger partial charge in [0.2, 0.25) is 11.7 Å². The molecule has 0 aliphatic rings. The number of halogens is 3. The molecule has 0 fully saturated rings. The van der Waals surface area contributed by atoms with E-state index in [9.17, 15) is 9.59 Å². The lowest BCUT2D eigenvalue weighted by molar-refractivity contribution is -0.147. The molecule has 2 heterocycles.